The summed E-state index contributed by atoms with van der Waals surface area (Å²) in [5.74, 6) is 0. The van der Waals surface area contributed by atoms with E-state index in [4.69, 9.17) is 11.6 Å². The minimum atomic E-state index is -3.67. The summed E-state index contributed by atoms with van der Waals surface area (Å²) in [5.41, 5.74) is -0.365. The van der Waals surface area contributed by atoms with E-state index in [1.807, 2.05) is 0 Å². The Labute approximate surface area is 113 Å². The quantitative estimate of drug-likeness (QED) is 0.661. The third kappa shape index (κ3) is 2.50. The zero-order chi connectivity index (χ0) is 13.3. The van der Waals surface area contributed by atoms with Crippen LogP contribution in [0.15, 0.2) is 10.3 Å². The molecule has 1 saturated heterocycles. The van der Waals surface area contributed by atoms with Gasteiger partial charge in [-0.2, -0.15) is 4.31 Å². The molecule has 0 bridgehead atoms. The van der Waals surface area contributed by atoms with E-state index in [-0.39, 0.29) is 14.2 Å². The van der Waals surface area contributed by atoms with Gasteiger partial charge >= 0.3 is 0 Å². The largest absolute Gasteiger partial charge is 0.314 e. The van der Waals surface area contributed by atoms with Crippen molar-refractivity contribution in [2.24, 2.45) is 0 Å². The lowest BCUT2D eigenvalue weighted by Gasteiger charge is -2.25. The Morgan fingerprint density at radius 1 is 1.44 bits per heavy atom. The molecule has 1 fully saturated rings. The standard InChI is InChI=1S/C8H10ClN3O4S2/c9-8-6(12(13)14)5-7(17-8)18(15,16)11-3-1-10-2-4-11/h5,10H,1-4H2. The van der Waals surface area contributed by atoms with Gasteiger partial charge in [-0.3, -0.25) is 10.1 Å². The summed E-state index contributed by atoms with van der Waals surface area (Å²) in [5, 5.41) is 13.7. The van der Waals surface area contributed by atoms with Crippen molar-refractivity contribution in [3.63, 3.8) is 0 Å². The topological polar surface area (TPSA) is 92.5 Å². The third-order valence-electron chi connectivity index (χ3n) is 2.51. The Morgan fingerprint density at radius 3 is 2.56 bits per heavy atom. The van der Waals surface area contributed by atoms with Gasteiger partial charge in [0.25, 0.3) is 15.7 Å². The molecule has 0 saturated carbocycles. The van der Waals surface area contributed by atoms with E-state index in [0.717, 1.165) is 17.4 Å². The Morgan fingerprint density at radius 2 is 2.06 bits per heavy atom. The van der Waals surface area contributed by atoms with E-state index in [9.17, 15) is 18.5 Å². The van der Waals surface area contributed by atoms with Crippen molar-refractivity contribution in [1.82, 2.24) is 9.62 Å². The number of hydrogen-bond donors (Lipinski definition) is 1. The Kier molecular flexibility index (Phi) is 3.87. The lowest BCUT2D eigenvalue weighted by Crippen LogP contribution is -2.46. The highest BCUT2D eigenvalue weighted by atomic mass is 35.5. The predicted molar refractivity (Wildman–Crippen MR) is 67.6 cm³/mol. The van der Waals surface area contributed by atoms with Crippen LogP contribution in [0.1, 0.15) is 0 Å². The molecule has 0 amide bonds. The molecule has 1 aromatic heterocycles. The number of sulfonamides is 1. The fraction of sp³-hybridized carbons (Fsp3) is 0.500. The maximum atomic E-state index is 12.2. The highest BCUT2D eigenvalue weighted by molar-refractivity contribution is 7.91. The van der Waals surface area contributed by atoms with Crippen LogP contribution in [0.5, 0.6) is 0 Å². The van der Waals surface area contributed by atoms with Crippen molar-refractivity contribution < 1.29 is 13.3 Å². The van der Waals surface area contributed by atoms with Gasteiger partial charge in [0.15, 0.2) is 4.34 Å². The molecule has 0 spiro atoms. The van der Waals surface area contributed by atoms with Crippen LogP contribution in [0.4, 0.5) is 5.69 Å². The van der Waals surface area contributed by atoms with Gasteiger partial charge in [-0.25, -0.2) is 8.42 Å². The van der Waals surface area contributed by atoms with Crippen molar-refractivity contribution >= 4 is 38.6 Å². The second-order valence-electron chi connectivity index (χ2n) is 3.64. The number of nitro groups is 1. The average molecular weight is 312 g/mol. The van der Waals surface area contributed by atoms with Crippen LogP contribution >= 0.6 is 22.9 Å². The molecule has 10 heteroatoms. The van der Waals surface area contributed by atoms with E-state index < -0.39 is 14.9 Å². The molecule has 0 radical (unpaired) electrons. The molecular weight excluding hydrogens is 302 g/mol. The second kappa shape index (κ2) is 5.10. The van der Waals surface area contributed by atoms with Gasteiger partial charge in [0, 0.05) is 32.2 Å². The molecule has 2 rings (SSSR count). The van der Waals surface area contributed by atoms with E-state index in [2.05, 4.69) is 5.32 Å². The number of rotatable bonds is 3. The Balaban J connectivity index is 2.35. The van der Waals surface area contributed by atoms with Gasteiger partial charge in [-0.05, 0) is 0 Å². The molecule has 1 aliphatic rings. The molecule has 18 heavy (non-hydrogen) atoms. The van der Waals surface area contributed by atoms with Crippen LogP contribution in [0.25, 0.3) is 0 Å². The normalized spacial score (nSPS) is 17.8. The molecule has 2 heterocycles. The summed E-state index contributed by atoms with van der Waals surface area (Å²) < 4.78 is 25.5. The lowest BCUT2D eigenvalue weighted by atomic mass is 10.4. The lowest BCUT2D eigenvalue weighted by molar-refractivity contribution is -0.384. The number of nitrogens with one attached hydrogen (secondary N) is 1. The van der Waals surface area contributed by atoms with Crippen molar-refractivity contribution in [3.05, 3.63) is 20.5 Å². The highest BCUT2D eigenvalue weighted by Crippen LogP contribution is 2.37. The minimum Gasteiger partial charge on any atom is -0.314 e. The van der Waals surface area contributed by atoms with Gasteiger partial charge in [0.1, 0.15) is 4.21 Å². The van der Waals surface area contributed by atoms with E-state index in [1.54, 1.807) is 0 Å². The summed E-state index contributed by atoms with van der Waals surface area (Å²) in [4.78, 5) is 9.96. The molecular formula is C8H10ClN3O4S2. The van der Waals surface area contributed by atoms with E-state index in [1.165, 1.54) is 4.31 Å². The number of halogens is 1. The SMILES string of the molecule is O=[N+]([O-])c1cc(S(=O)(=O)N2CCNCC2)sc1Cl. The zero-order valence-electron chi connectivity index (χ0n) is 9.13. The van der Waals surface area contributed by atoms with Gasteiger partial charge in [-0.1, -0.05) is 11.6 Å². The molecule has 1 aliphatic heterocycles. The van der Waals surface area contributed by atoms with Crippen molar-refractivity contribution in [2.45, 2.75) is 4.21 Å². The molecule has 1 N–H and O–H groups in total. The van der Waals surface area contributed by atoms with Crippen molar-refractivity contribution in [1.29, 1.82) is 0 Å². The predicted octanol–water partition coefficient (Wildman–Crippen LogP) is 0.904. The second-order valence-corrected chi connectivity index (χ2v) is 7.45. The summed E-state index contributed by atoms with van der Waals surface area (Å²) in [6.45, 7) is 1.85. The maximum Gasteiger partial charge on any atom is 0.300 e. The summed E-state index contributed by atoms with van der Waals surface area (Å²) in [7, 11) is -3.67. The molecule has 1 aromatic rings. The van der Waals surface area contributed by atoms with E-state index >= 15 is 0 Å². The number of nitrogens with zero attached hydrogens (tertiary/aromatic N) is 2. The first-order valence-electron chi connectivity index (χ1n) is 5.07. The molecule has 100 valence electrons. The number of piperazine rings is 1. The Hall–Kier alpha value is -0.740. The maximum absolute atomic E-state index is 12.2. The third-order valence-corrected chi connectivity index (χ3v) is 6.20. The van der Waals surface area contributed by atoms with Crippen LogP contribution in [-0.4, -0.2) is 43.8 Å². The summed E-state index contributed by atoms with van der Waals surface area (Å²) >= 11 is 6.38. The monoisotopic (exact) mass is 311 g/mol. The molecule has 0 unspecified atom stereocenters. The van der Waals surface area contributed by atoms with Crippen LogP contribution in [-0.2, 0) is 10.0 Å². The van der Waals surface area contributed by atoms with Crippen LogP contribution in [0.3, 0.4) is 0 Å². The molecule has 0 atom stereocenters. The molecule has 0 aromatic carbocycles. The van der Waals surface area contributed by atoms with Crippen molar-refractivity contribution in [3.8, 4) is 0 Å². The number of thiophene rings is 1. The van der Waals surface area contributed by atoms with Gasteiger partial charge in [0.2, 0.25) is 0 Å². The van der Waals surface area contributed by atoms with Gasteiger partial charge < -0.3 is 5.32 Å². The minimum absolute atomic E-state index is 0.0823. The first kappa shape index (κ1) is 13.7. The Bertz CT molecular complexity index is 565. The molecule has 0 aliphatic carbocycles. The van der Waals surface area contributed by atoms with Crippen LogP contribution in [0.2, 0.25) is 4.34 Å². The summed E-state index contributed by atoms with van der Waals surface area (Å²) in [6, 6.07) is 1.02. The number of hydrogen-bond acceptors (Lipinski definition) is 6. The van der Waals surface area contributed by atoms with Gasteiger partial charge in [0.05, 0.1) is 4.92 Å². The smallest absolute Gasteiger partial charge is 0.300 e. The van der Waals surface area contributed by atoms with Crippen molar-refractivity contribution in [2.75, 3.05) is 26.2 Å². The summed E-state index contributed by atoms with van der Waals surface area (Å²) in [6.07, 6.45) is 0. The first-order chi connectivity index (χ1) is 8.43. The fourth-order valence-corrected chi connectivity index (χ4v) is 4.86. The zero-order valence-corrected chi connectivity index (χ0v) is 11.5. The van der Waals surface area contributed by atoms with Crippen LogP contribution < -0.4 is 5.32 Å². The highest BCUT2D eigenvalue weighted by Gasteiger charge is 2.31. The van der Waals surface area contributed by atoms with Gasteiger partial charge in [-0.15, -0.1) is 11.3 Å². The first-order valence-corrected chi connectivity index (χ1v) is 7.71. The van der Waals surface area contributed by atoms with E-state index in [0.29, 0.717) is 26.2 Å². The molecule has 7 nitrogen and oxygen atoms in total. The van der Waals surface area contributed by atoms with Crippen LogP contribution in [0, 0.1) is 10.1 Å². The average Bonchev–Trinajstić information content (AvgIpc) is 2.73. The fourth-order valence-electron chi connectivity index (χ4n) is 1.60.